The number of benzene rings is 2. The Labute approximate surface area is 153 Å². The summed E-state index contributed by atoms with van der Waals surface area (Å²) in [6, 6.07) is 15.5. The highest BCUT2D eigenvalue weighted by atomic mass is 16.5. The molecular weight excluding hydrogens is 328 g/mol. The molecule has 0 fully saturated rings. The van der Waals surface area contributed by atoms with Gasteiger partial charge in [0, 0.05) is 7.05 Å². The molecule has 1 aromatic heterocycles. The summed E-state index contributed by atoms with van der Waals surface area (Å²) in [5, 5.41) is 4.11. The maximum Gasteiger partial charge on any atom is 0.260 e. The number of aryl methyl sites for hydroxylation is 1. The molecule has 0 spiro atoms. The Kier molecular flexibility index (Phi) is 5.31. The van der Waals surface area contributed by atoms with Crippen molar-refractivity contribution in [1.82, 2.24) is 19.7 Å². The van der Waals surface area contributed by atoms with Crippen LogP contribution in [0, 0.1) is 6.92 Å². The van der Waals surface area contributed by atoms with Crippen molar-refractivity contribution in [2.75, 3.05) is 13.7 Å². The minimum atomic E-state index is -0.0684. The van der Waals surface area contributed by atoms with Crippen LogP contribution < -0.4 is 4.74 Å². The molecule has 3 rings (SSSR count). The molecule has 0 aliphatic carbocycles. The van der Waals surface area contributed by atoms with E-state index in [0.717, 1.165) is 22.6 Å². The van der Waals surface area contributed by atoms with E-state index in [1.807, 2.05) is 62.4 Å². The summed E-state index contributed by atoms with van der Waals surface area (Å²) < 4.78 is 7.36. The van der Waals surface area contributed by atoms with Crippen molar-refractivity contribution >= 4 is 5.91 Å². The van der Waals surface area contributed by atoms with Crippen LogP contribution in [0.4, 0.5) is 0 Å². The summed E-state index contributed by atoms with van der Waals surface area (Å²) in [6.07, 6.45) is 3.15. The summed E-state index contributed by atoms with van der Waals surface area (Å²) in [6.45, 7) is 3.97. The number of hydrogen-bond acceptors (Lipinski definition) is 4. The number of likely N-dealkylation sites (N-methyl/N-ethyl adjacent to an activating group) is 1. The Morgan fingerprint density at radius 3 is 2.58 bits per heavy atom. The fourth-order valence-electron chi connectivity index (χ4n) is 2.65. The van der Waals surface area contributed by atoms with Gasteiger partial charge >= 0.3 is 0 Å². The maximum atomic E-state index is 12.5. The molecule has 2 aromatic carbocycles. The lowest BCUT2D eigenvalue weighted by Crippen LogP contribution is -2.33. The van der Waals surface area contributed by atoms with E-state index < -0.39 is 0 Å². The van der Waals surface area contributed by atoms with Crippen LogP contribution in [0.1, 0.15) is 24.1 Å². The average molecular weight is 350 g/mol. The number of carbonyl (C=O) groups is 1. The molecule has 0 radical (unpaired) electrons. The van der Waals surface area contributed by atoms with E-state index >= 15 is 0 Å². The first-order chi connectivity index (χ1) is 12.6. The van der Waals surface area contributed by atoms with Gasteiger partial charge in [0.25, 0.3) is 5.91 Å². The zero-order valence-electron chi connectivity index (χ0n) is 15.2. The molecule has 0 aliphatic rings. The molecule has 0 aliphatic heterocycles. The first kappa shape index (κ1) is 17.7. The maximum absolute atomic E-state index is 12.5. The predicted molar refractivity (Wildman–Crippen MR) is 99.2 cm³/mol. The Morgan fingerprint density at radius 2 is 1.92 bits per heavy atom. The normalized spacial score (nSPS) is 11.8. The van der Waals surface area contributed by atoms with Crippen molar-refractivity contribution in [2.24, 2.45) is 0 Å². The third-order valence-electron chi connectivity index (χ3n) is 4.48. The van der Waals surface area contributed by atoms with Crippen LogP contribution in [0.25, 0.3) is 5.69 Å². The third kappa shape index (κ3) is 3.91. The van der Waals surface area contributed by atoms with Crippen molar-refractivity contribution in [3.63, 3.8) is 0 Å². The first-order valence-corrected chi connectivity index (χ1v) is 8.45. The molecular formula is C20H22N4O2. The van der Waals surface area contributed by atoms with Gasteiger partial charge < -0.3 is 9.64 Å². The highest BCUT2D eigenvalue weighted by molar-refractivity contribution is 5.78. The van der Waals surface area contributed by atoms with E-state index in [9.17, 15) is 4.79 Å². The molecule has 1 heterocycles. The van der Waals surface area contributed by atoms with Gasteiger partial charge in [0.1, 0.15) is 18.4 Å². The Bertz CT molecular complexity index is 860. The Balaban J connectivity index is 1.62. The van der Waals surface area contributed by atoms with Crippen LogP contribution in [-0.4, -0.2) is 39.2 Å². The summed E-state index contributed by atoms with van der Waals surface area (Å²) in [5.41, 5.74) is 2.98. The molecule has 3 aromatic rings. The van der Waals surface area contributed by atoms with E-state index in [1.165, 1.54) is 6.33 Å². The van der Waals surface area contributed by atoms with Gasteiger partial charge in [-0.05, 0) is 43.2 Å². The highest BCUT2D eigenvalue weighted by Gasteiger charge is 2.18. The number of rotatable bonds is 6. The molecule has 0 bridgehead atoms. The van der Waals surface area contributed by atoms with E-state index in [4.69, 9.17) is 4.74 Å². The lowest BCUT2D eigenvalue weighted by molar-refractivity contribution is -0.134. The van der Waals surface area contributed by atoms with Crippen LogP contribution in [0.15, 0.2) is 61.2 Å². The minimum absolute atomic E-state index is 0.0166. The standard InChI is InChI=1S/C20H22N4O2/c1-15-6-4-5-7-19(15)26-12-20(25)23(3)16(2)17-8-10-18(11-9-17)24-14-21-13-22-24/h4-11,13-14,16H,12H2,1-3H3/t16-/m0/s1. The predicted octanol–water partition coefficient (Wildman–Crippen LogP) is 3.17. The number of amides is 1. The third-order valence-corrected chi connectivity index (χ3v) is 4.48. The number of aromatic nitrogens is 3. The largest absolute Gasteiger partial charge is 0.484 e. The van der Waals surface area contributed by atoms with Gasteiger partial charge in [-0.1, -0.05) is 30.3 Å². The molecule has 0 saturated heterocycles. The number of ether oxygens (including phenoxy) is 1. The van der Waals surface area contributed by atoms with Crippen LogP contribution in [0.3, 0.4) is 0 Å². The average Bonchev–Trinajstić information content (AvgIpc) is 3.21. The van der Waals surface area contributed by atoms with Crippen molar-refractivity contribution in [2.45, 2.75) is 19.9 Å². The topological polar surface area (TPSA) is 60.2 Å². The molecule has 0 unspecified atom stereocenters. The minimum Gasteiger partial charge on any atom is -0.484 e. The van der Waals surface area contributed by atoms with E-state index in [-0.39, 0.29) is 18.6 Å². The van der Waals surface area contributed by atoms with Crippen molar-refractivity contribution in [3.05, 3.63) is 72.3 Å². The van der Waals surface area contributed by atoms with E-state index in [2.05, 4.69) is 10.1 Å². The number of para-hydroxylation sites is 1. The fourth-order valence-corrected chi connectivity index (χ4v) is 2.65. The SMILES string of the molecule is Cc1ccccc1OCC(=O)N(C)[C@@H](C)c1ccc(-n2cncn2)cc1. The number of hydrogen-bond donors (Lipinski definition) is 0. The Morgan fingerprint density at radius 1 is 1.19 bits per heavy atom. The summed E-state index contributed by atoms with van der Waals surface area (Å²) in [5.74, 6) is 0.667. The molecule has 0 saturated carbocycles. The van der Waals surface area contributed by atoms with Crippen LogP contribution in [0.5, 0.6) is 5.75 Å². The first-order valence-electron chi connectivity index (χ1n) is 8.45. The van der Waals surface area contributed by atoms with Crippen LogP contribution in [-0.2, 0) is 4.79 Å². The van der Waals surface area contributed by atoms with Gasteiger partial charge in [0.05, 0.1) is 11.7 Å². The van der Waals surface area contributed by atoms with Gasteiger partial charge in [-0.3, -0.25) is 4.79 Å². The lowest BCUT2D eigenvalue weighted by Gasteiger charge is -2.25. The lowest BCUT2D eigenvalue weighted by atomic mass is 10.1. The van der Waals surface area contributed by atoms with Gasteiger partial charge in [-0.25, -0.2) is 9.67 Å². The molecule has 26 heavy (non-hydrogen) atoms. The highest BCUT2D eigenvalue weighted by Crippen LogP contribution is 2.21. The smallest absolute Gasteiger partial charge is 0.260 e. The van der Waals surface area contributed by atoms with Crippen molar-refractivity contribution < 1.29 is 9.53 Å². The van der Waals surface area contributed by atoms with Crippen LogP contribution in [0.2, 0.25) is 0 Å². The van der Waals surface area contributed by atoms with E-state index in [1.54, 1.807) is 23.0 Å². The summed E-state index contributed by atoms with van der Waals surface area (Å²) >= 11 is 0. The second-order valence-corrected chi connectivity index (χ2v) is 6.17. The summed E-state index contributed by atoms with van der Waals surface area (Å²) in [4.78, 5) is 18.1. The fraction of sp³-hybridized carbons (Fsp3) is 0.250. The molecule has 6 nitrogen and oxygen atoms in total. The molecule has 6 heteroatoms. The van der Waals surface area contributed by atoms with Gasteiger partial charge in [0.2, 0.25) is 0 Å². The molecule has 0 N–H and O–H groups in total. The Hall–Kier alpha value is -3.15. The van der Waals surface area contributed by atoms with Gasteiger partial charge in [0.15, 0.2) is 6.61 Å². The second kappa shape index (κ2) is 7.82. The van der Waals surface area contributed by atoms with Gasteiger partial charge in [-0.15, -0.1) is 0 Å². The monoisotopic (exact) mass is 350 g/mol. The number of carbonyl (C=O) groups excluding carboxylic acids is 1. The second-order valence-electron chi connectivity index (χ2n) is 6.17. The van der Waals surface area contributed by atoms with Gasteiger partial charge in [-0.2, -0.15) is 5.10 Å². The zero-order chi connectivity index (χ0) is 18.5. The summed E-state index contributed by atoms with van der Waals surface area (Å²) in [7, 11) is 1.79. The quantitative estimate of drug-likeness (QED) is 0.685. The zero-order valence-corrected chi connectivity index (χ0v) is 15.2. The van der Waals surface area contributed by atoms with E-state index in [0.29, 0.717) is 0 Å². The van der Waals surface area contributed by atoms with Crippen molar-refractivity contribution in [3.8, 4) is 11.4 Å². The number of nitrogens with zero attached hydrogens (tertiary/aromatic N) is 4. The molecule has 134 valence electrons. The van der Waals surface area contributed by atoms with Crippen LogP contribution >= 0.6 is 0 Å². The molecule has 1 atom stereocenters. The molecule has 1 amide bonds. The van der Waals surface area contributed by atoms with Crippen molar-refractivity contribution in [1.29, 1.82) is 0 Å².